The minimum Gasteiger partial charge on any atom is -0.326 e. The molecule has 0 bridgehead atoms. The van der Waals surface area contributed by atoms with E-state index in [4.69, 9.17) is 11.6 Å². The van der Waals surface area contributed by atoms with Crippen molar-refractivity contribution in [3.8, 4) is 0 Å². The number of carbonyl (C=O) groups excluding carboxylic acids is 2. The molecule has 0 aromatic carbocycles. The summed E-state index contributed by atoms with van der Waals surface area (Å²) in [5.41, 5.74) is 3.09. The Morgan fingerprint density at radius 2 is 2.03 bits per heavy atom. The predicted octanol–water partition coefficient (Wildman–Crippen LogP) is 6.14. The molecular weight excluding hydrogens is 446 g/mol. The van der Waals surface area contributed by atoms with Crippen LogP contribution in [0.2, 0.25) is 0 Å². The number of aromatic nitrogens is 1. The van der Waals surface area contributed by atoms with Crippen LogP contribution in [-0.4, -0.2) is 28.7 Å². The first-order chi connectivity index (χ1) is 16.2. The fraction of sp³-hybridized carbons (Fsp3) is 0.679. The number of hydrogen-bond donors (Lipinski definition) is 1. The van der Waals surface area contributed by atoms with Crippen molar-refractivity contribution >= 4 is 29.1 Å². The number of allylic oxidation sites excluding steroid dienone is 2. The summed E-state index contributed by atoms with van der Waals surface area (Å²) in [6.07, 6.45) is 10.2. The molecule has 5 nitrogen and oxygen atoms in total. The molecule has 3 aliphatic carbocycles. The number of amides is 2. The van der Waals surface area contributed by atoms with Gasteiger partial charge in [0.15, 0.2) is 0 Å². The summed E-state index contributed by atoms with van der Waals surface area (Å²) in [5.74, 6) is 2.41. The van der Waals surface area contributed by atoms with Crippen LogP contribution in [0.25, 0.3) is 0 Å². The highest BCUT2D eigenvalue weighted by molar-refractivity contribution is 6.30. The molecule has 0 spiro atoms. The van der Waals surface area contributed by atoms with Gasteiger partial charge in [-0.25, -0.2) is 0 Å². The highest BCUT2D eigenvalue weighted by Crippen LogP contribution is 2.67. The van der Waals surface area contributed by atoms with E-state index in [1.54, 1.807) is 6.20 Å². The average Bonchev–Trinajstić information content (AvgIpc) is 3.13. The summed E-state index contributed by atoms with van der Waals surface area (Å²) in [6.45, 7) is 6.86. The summed E-state index contributed by atoms with van der Waals surface area (Å²) < 4.78 is 0. The van der Waals surface area contributed by atoms with Gasteiger partial charge in [-0.2, -0.15) is 0 Å². The Labute approximate surface area is 208 Å². The molecule has 1 aliphatic heterocycles. The number of piperidine rings is 1. The molecule has 1 aromatic heterocycles. The highest BCUT2D eigenvalue weighted by Gasteiger charge is 2.60. The topological polar surface area (TPSA) is 62.3 Å². The lowest BCUT2D eigenvalue weighted by Crippen LogP contribution is -2.54. The number of hydrogen-bond acceptors (Lipinski definition) is 3. The molecule has 34 heavy (non-hydrogen) atoms. The van der Waals surface area contributed by atoms with Crippen molar-refractivity contribution in [1.29, 1.82) is 0 Å². The second-order valence-corrected chi connectivity index (χ2v) is 12.1. The third kappa shape index (κ3) is 3.70. The summed E-state index contributed by atoms with van der Waals surface area (Å²) in [5, 5.41) is 4.02. The Balaban J connectivity index is 1.34. The third-order valence-corrected chi connectivity index (χ3v) is 10.5. The van der Waals surface area contributed by atoms with E-state index in [1.165, 1.54) is 6.42 Å². The van der Waals surface area contributed by atoms with Crippen LogP contribution in [0.1, 0.15) is 77.8 Å². The van der Waals surface area contributed by atoms with E-state index in [1.807, 2.05) is 24.1 Å². The van der Waals surface area contributed by atoms with E-state index in [2.05, 4.69) is 31.1 Å². The van der Waals surface area contributed by atoms with E-state index in [9.17, 15) is 9.59 Å². The van der Waals surface area contributed by atoms with E-state index >= 15 is 0 Å². The van der Waals surface area contributed by atoms with Gasteiger partial charge in [0.25, 0.3) is 0 Å². The standard InChI is InChI=1S/C28H38ClN3O2/c1-5-18-15-19(10-13-30-18)31-24(33)14-17-6-7-21-20-16-23(29)26-28(3,12-9-25(34)32(26)4)22(20)8-11-27(17,21)2/h10,13,15,17,20-22H,5-9,11-12,14,16H2,1-4H3,(H,30,31,33)/t17-,20?,21+,22?,27-,28-/m1/s1. The summed E-state index contributed by atoms with van der Waals surface area (Å²) >= 11 is 6.95. The van der Waals surface area contributed by atoms with Crippen molar-refractivity contribution in [3.05, 3.63) is 34.8 Å². The number of halogens is 1. The van der Waals surface area contributed by atoms with Gasteiger partial charge in [0, 0.05) is 53.6 Å². The molecule has 2 amide bonds. The van der Waals surface area contributed by atoms with Crippen molar-refractivity contribution < 1.29 is 9.59 Å². The highest BCUT2D eigenvalue weighted by atomic mass is 35.5. The van der Waals surface area contributed by atoms with Crippen LogP contribution in [0, 0.1) is 34.5 Å². The Morgan fingerprint density at radius 3 is 2.79 bits per heavy atom. The smallest absolute Gasteiger partial charge is 0.226 e. The molecule has 1 aromatic rings. The number of carbonyl (C=O) groups is 2. The van der Waals surface area contributed by atoms with Gasteiger partial charge in [-0.1, -0.05) is 32.4 Å². The fourth-order valence-electron chi connectivity index (χ4n) is 8.31. The van der Waals surface area contributed by atoms with Gasteiger partial charge < -0.3 is 10.2 Å². The van der Waals surface area contributed by atoms with Crippen LogP contribution in [0.4, 0.5) is 5.69 Å². The number of aryl methyl sites for hydroxylation is 1. The molecule has 2 saturated carbocycles. The van der Waals surface area contributed by atoms with Crippen molar-refractivity contribution in [1.82, 2.24) is 9.88 Å². The molecule has 1 N–H and O–H groups in total. The van der Waals surface area contributed by atoms with Crippen LogP contribution < -0.4 is 5.32 Å². The summed E-state index contributed by atoms with van der Waals surface area (Å²) in [6, 6.07) is 3.85. The predicted molar refractivity (Wildman–Crippen MR) is 135 cm³/mol. The number of likely N-dealkylation sites (tertiary alicyclic amines) is 1. The van der Waals surface area contributed by atoms with Gasteiger partial charge in [-0.3, -0.25) is 14.6 Å². The van der Waals surface area contributed by atoms with Crippen molar-refractivity contribution in [3.63, 3.8) is 0 Å². The molecule has 1 saturated heterocycles. The Hall–Kier alpha value is -1.88. The van der Waals surface area contributed by atoms with Gasteiger partial charge in [-0.15, -0.1) is 0 Å². The fourth-order valence-corrected chi connectivity index (χ4v) is 8.83. The first-order valence-electron chi connectivity index (χ1n) is 13.1. The van der Waals surface area contributed by atoms with Crippen molar-refractivity contribution in [2.75, 3.05) is 12.4 Å². The van der Waals surface area contributed by atoms with Gasteiger partial charge in [-0.05, 0) is 86.2 Å². The lowest BCUT2D eigenvalue weighted by molar-refractivity contribution is -0.136. The molecular formula is C28H38ClN3O2. The average molecular weight is 484 g/mol. The molecule has 0 radical (unpaired) electrons. The quantitative estimate of drug-likeness (QED) is 0.559. The minimum atomic E-state index is -0.0161. The largest absolute Gasteiger partial charge is 0.326 e. The normalized spacial score (nSPS) is 37.2. The third-order valence-electron chi connectivity index (χ3n) is 10.1. The van der Waals surface area contributed by atoms with Gasteiger partial charge in [0.05, 0.1) is 0 Å². The van der Waals surface area contributed by atoms with E-state index in [0.29, 0.717) is 36.5 Å². The molecule has 184 valence electrons. The lowest BCUT2D eigenvalue weighted by atomic mass is 9.49. The maximum absolute atomic E-state index is 13.0. The van der Waals surface area contributed by atoms with E-state index in [0.717, 1.165) is 60.6 Å². The zero-order valence-corrected chi connectivity index (χ0v) is 21.8. The molecule has 6 heteroatoms. The summed E-state index contributed by atoms with van der Waals surface area (Å²) in [4.78, 5) is 31.6. The Kier molecular flexibility index (Phi) is 6.07. The molecule has 2 unspecified atom stereocenters. The number of anilines is 1. The number of fused-ring (bicyclic) bond motifs is 5. The first-order valence-corrected chi connectivity index (χ1v) is 13.5. The Bertz CT molecular complexity index is 1040. The maximum atomic E-state index is 13.0. The first kappa shape index (κ1) is 23.8. The number of nitrogens with zero attached hydrogens (tertiary/aromatic N) is 2. The number of pyridine rings is 1. The molecule has 5 rings (SSSR count). The van der Waals surface area contributed by atoms with Crippen LogP contribution >= 0.6 is 11.6 Å². The monoisotopic (exact) mass is 483 g/mol. The van der Waals surface area contributed by atoms with Crippen molar-refractivity contribution in [2.24, 2.45) is 34.5 Å². The molecule has 2 heterocycles. The molecule has 3 fully saturated rings. The molecule has 4 aliphatic rings. The van der Waals surface area contributed by atoms with E-state index in [-0.39, 0.29) is 22.6 Å². The second-order valence-electron chi connectivity index (χ2n) is 11.7. The maximum Gasteiger partial charge on any atom is 0.226 e. The SMILES string of the molecule is CCc1cc(NC(=O)C[C@H]2CC[C@H]3C4CC(Cl)=C5N(C)C(=O)CC[C@]5(C)C4CC[C@]23C)ccn1. The minimum absolute atomic E-state index is 0.0161. The second kappa shape index (κ2) is 8.65. The zero-order chi connectivity index (χ0) is 24.3. The zero-order valence-electron chi connectivity index (χ0n) is 21.0. The van der Waals surface area contributed by atoms with Crippen LogP contribution in [0.5, 0.6) is 0 Å². The van der Waals surface area contributed by atoms with E-state index < -0.39 is 0 Å². The lowest BCUT2D eigenvalue weighted by Gasteiger charge is -2.59. The van der Waals surface area contributed by atoms with Gasteiger partial charge in [0.2, 0.25) is 11.8 Å². The van der Waals surface area contributed by atoms with Gasteiger partial charge in [0.1, 0.15) is 0 Å². The Morgan fingerprint density at radius 1 is 1.24 bits per heavy atom. The number of rotatable bonds is 4. The van der Waals surface area contributed by atoms with Crippen LogP contribution in [-0.2, 0) is 16.0 Å². The van der Waals surface area contributed by atoms with Crippen LogP contribution in [0.3, 0.4) is 0 Å². The van der Waals surface area contributed by atoms with Gasteiger partial charge >= 0.3 is 0 Å². The molecule has 6 atom stereocenters. The number of nitrogens with one attached hydrogen (secondary N) is 1. The van der Waals surface area contributed by atoms with Crippen molar-refractivity contribution in [2.45, 2.75) is 78.6 Å². The van der Waals surface area contributed by atoms with Crippen LogP contribution in [0.15, 0.2) is 29.1 Å². The summed E-state index contributed by atoms with van der Waals surface area (Å²) in [7, 11) is 1.90.